The highest BCUT2D eigenvalue weighted by Gasteiger charge is 2.33. The Morgan fingerprint density at radius 1 is 1.39 bits per heavy atom. The van der Waals surface area contributed by atoms with Crippen LogP contribution in [-0.4, -0.2) is 26.3 Å². The first-order chi connectivity index (χ1) is 11.0. The third-order valence-corrected chi connectivity index (χ3v) is 5.70. The van der Waals surface area contributed by atoms with E-state index in [4.69, 9.17) is 11.6 Å². The molecule has 0 fully saturated rings. The second-order valence-electron chi connectivity index (χ2n) is 6.12. The molecule has 1 atom stereocenters. The van der Waals surface area contributed by atoms with Crippen molar-refractivity contribution in [1.82, 2.24) is 9.55 Å². The number of hydrogen-bond donors (Lipinski definition) is 1. The summed E-state index contributed by atoms with van der Waals surface area (Å²) in [6.45, 7) is 6.51. The van der Waals surface area contributed by atoms with Gasteiger partial charge in [0, 0.05) is 34.0 Å². The van der Waals surface area contributed by atoms with Crippen molar-refractivity contribution in [1.29, 1.82) is 0 Å². The monoisotopic (exact) mass is 351 g/mol. The molecule has 6 heteroatoms. The number of nitrogens with zero attached hydrogens (tertiary/aromatic N) is 3. The summed E-state index contributed by atoms with van der Waals surface area (Å²) in [7, 11) is 0. The zero-order valence-electron chi connectivity index (χ0n) is 13.6. The van der Waals surface area contributed by atoms with Gasteiger partial charge in [-0.1, -0.05) is 37.5 Å². The third-order valence-electron chi connectivity index (χ3n) is 3.96. The first-order valence-corrected chi connectivity index (χ1v) is 8.93. The van der Waals surface area contributed by atoms with E-state index >= 15 is 0 Å². The first kappa shape index (κ1) is 17.9. The van der Waals surface area contributed by atoms with Crippen molar-refractivity contribution in [2.45, 2.75) is 32.1 Å². The van der Waals surface area contributed by atoms with E-state index in [1.54, 1.807) is 35.0 Å². The molecule has 4 nitrogen and oxygen atoms in total. The van der Waals surface area contributed by atoms with Crippen LogP contribution in [0.3, 0.4) is 0 Å². The summed E-state index contributed by atoms with van der Waals surface area (Å²) in [5.41, 5.74) is -0.0507. The molecule has 2 aromatic rings. The van der Waals surface area contributed by atoms with E-state index in [2.05, 4.69) is 30.9 Å². The molecule has 1 aromatic heterocycles. The Kier molecular flexibility index (Phi) is 6.13. The largest absolute Gasteiger partial charge is 0.409 e. The van der Waals surface area contributed by atoms with Gasteiger partial charge in [0.2, 0.25) is 0 Å². The average Bonchev–Trinajstić information content (AvgIpc) is 3.05. The van der Waals surface area contributed by atoms with Crippen LogP contribution >= 0.6 is 23.4 Å². The van der Waals surface area contributed by atoms with Crippen molar-refractivity contribution in [3.63, 3.8) is 0 Å². The molecular formula is C17H22ClN3OS. The molecule has 0 aliphatic carbocycles. The molecule has 0 radical (unpaired) electrons. The van der Waals surface area contributed by atoms with Gasteiger partial charge in [-0.3, -0.25) is 4.57 Å². The van der Waals surface area contributed by atoms with Gasteiger partial charge in [0.1, 0.15) is 6.33 Å². The van der Waals surface area contributed by atoms with Gasteiger partial charge in [-0.15, -0.1) is 11.8 Å². The van der Waals surface area contributed by atoms with Crippen LogP contribution in [0.2, 0.25) is 5.02 Å². The number of oxime groups is 1. The molecule has 0 spiro atoms. The van der Waals surface area contributed by atoms with E-state index in [-0.39, 0.29) is 11.3 Å². The molecule has 1 aromatic carbocycles. The van der Waals surface area contributed by atoms with Crippen LogP contribution in [-0.2, 0) is 0 Å². The number of hydrogen-bond acceptors (Lipinski definition) is 4. The summed E-state index contributed by atoms with van der Waals surface area (Å²) in [6.07, 6.45) is 6.04. The van der Waals surface area contributed by atoms with Gasteiger partial charge in [-0.2, -0.15) is 0 Å². The first-order valence-electron chi connectivity index (χ1n) is 7.56. The summed E-state index contributed by atoms with van der Waals surface area (Å²) in [5.74, 6) is 1.65. The molecule has 0 aliphatic heterocycles. The lowest BCUT2D eigenvalue weighted by Crippen LogP contribution is -2.36. The highest BCUT2D eigenvalue weighted by Crippen LogP contribution is 2.37. The summed E-state index contributed by atoms with van der Waals surface area (Å²) >= 11 is 7.72. The number of imidazole rings is 1. The molecule has 2 rings (SSSR count). The Bertz CT molecular complexity index is 638. The fourth-order valence-electron chi connectivity index (χ4n) is 2.68. The van der Waals surface area contributed by atoms with Gasteiger partial charge in [0.05, 0.1) is 0 Å². The predicted molar refractivity (Wildman–Crippen MR) is 96.6 cm³/mol. The van der Waals surface area contributed by atoms with Gasteiger partial charge in [-0.05, 0) is 36.1 Å². The van der Waals surface area contributed by atoms with Crippen molar-refractivity contribution in [2.24, 2.45) is 16.5 Å². The van der Waals surface area contributed by atoms with Crippen LogP contribution < -0.4 is 0 Å². The van der Waals surface area contributed by atoms with Gasteiger partial charge in [0.25, 0.3) is 0 Å². The molecule has 1 unspecified atom stereocenters. The van der Waals surface area contributed by atoms with E-state index in [0.29, 0.717) is 5.84 Å². The number of benzene rings is 1. The van der Waals surface area contributed by atoms with E-state index < -0.39 is 0 Å². The van der Waals surface area contributed by atoms with E-state index in [0.717, 1.165) is 17.2 Å². The Hall–Kier alpha value is -1.46. The van der Waals surface area contributed by atoms with Gasteiger partial charge < -0.3 is 5.21 Å². The Balaban J connectivity index is 2.13. The molecule has 0 aliphatic rings. The fraction of sp³-hybridized carbons (Fsp3) is 0.412. The van der Waals surface area contributed by atoms with E-state index in [1.165, 1.54) is 4.90 Å². The maximum Gasteiger partial charge on any atom is 0.157 e. The van der Waals surface area contributed by atoms with Crippen molar-refractivity contribution in [2.75, 3.05) is 5.75 Å². The Morgan fingerprint density at radius 2 is 2.09 bits per heavy atom. The molecule has 0 saturated carbocycles. The van der Waals surface area contributed by atoms with Crippen LogP contribution in [0.5, 0.6) is 0 Å². The fourth-order valence-corrected chi connectivity index (χ4v) is 3.88. The topological polar surface area (TPSA) is 50.4 Å². The van der Waals surface area contributed by atoms with Crippen LogP contribution in [0.15, 0.2) is 53.0 Å². The number of rotatable bonds is 6. The van der Waals surface area contributed by atoms with Crippen molar-refractivity contribution >= 4 is 29.2 Å². The van der Waals surface area contributed by atoms with Gasteiger partial charge in [-0.25, -0.2) is 4.98 Å². The van der Waals surface area contributed by atoms with Gasteiger partial charge in [0.15, 0.2) is 5.84 Å². The quantitative estimate of drug-likeness (QED) is 0.261. The minimum Gasteiger partial charge on any atom is -0.409 e. The van der Waals surface area contributed by atoms with Crippen LogP contribution in [0.25, 0.3) is 0 Å². The average molecular weight is 352 g/mol. The molecule has 0 saturated heterocycles. The van der Waals surface area contributed by atoms with Crippen LogP contribution in [0.1, 0.15) is 27.2 Å². The molecule has 1 heterocycles. The lowest BCUT2D eigenvalue weighted by molar-refractivity contribution is 0.276. The molecule has 0 amide bonds. The molecule has 1 N–H and O–H groups in total. The molecule has 0 bridgehead atoms. The highest BCUT2D eigenvalue weighted by atomic mass is 35.5. The van der Waals surface area contributed by atoms with Crippen LogP contribution in [0.4, 0.5) is 0 Å². The maximum absolute atomic E-state index is 9.50. The lowest BCUT2D eigenvalue weighted by atomic mass is 9.78. The highest BCUT2D eigenvalue weighted by molar-refractivity contribution is 7.99. The standard InChI is InChI=1S/C17H22ClN3OS/c1-4-15(16(20-22)21-10-9-19-12-21)17(2,3)11-23-14-7-5-13(18)6-8-14/h5-10,12,15,22H,4,11H2,1-3H3. The Labute approximate surface area is 146 Å². The summed E-state index contributed by atoms with van der Waals surface area (Å²) < 4.78 is 1.78. The van der Waals surface area contributed by atoms with Crippen LogP contribution in [0, 0.1) is 11.3 Å². The predicted octanol–water partition coefficient (Wildman–Crippen LogP) is 5.02. The Morgan fingerprint density at radius 3 is 2.61 bits per heavy atom. The third kappa shape index (κ3) is 4.52. The molecule has 124 valence electrons. The summed E-state index contributed by atoms with van der Waals surface area (Å²) in [6, 6.07) is 7.86. The second kappa shape index (κ2) is 7.88. The smallest absolute Gasteiger partial charge is 0.157 e. The zero-order chi connectivity index (χ0) is 16.9. The summed E-state index contributed by atoms with van der Waals surface area (Å²) in [4.78, 5) is 5.23. The minimum absolute atomic E-state index is 0.0507. The van der Waals surface area contributed by atoms with Crippen molar-refractivity contribution in [3.8, 4) is 0 Å². The number of thioether (sulfide) groups is 1. The van der Waals surface area contributed by atoms with Crippen molar-refractivity contribution in [3.05, 3.63) is 48.0 Å². The van der Waals surface area contributed by atoms with E-state index in [9.17, 15) is 5.21 Å². The van der Waals surface area contributed by atoms with Gasteiger partial charge >= 0.3 is 0 Å². The van der Waals surface area contributed by atoms with E-state index in [1.807, 2.05) is 24.3 Å². The number of aromatic nitrogens is 2. The zero-order valence-corrected chi connectivity index (χ0v) is 15.2. The normalized spacial score (nSPS) is 14.0. The summed E-state index contributed by atoms with van der Waals surface area (Å²) in [5, 5.41) is 13.8. The lowest BCUT2D eigenvalue weighted by Gasteiger charge is -2.34. The second-order valence-corrected chi connectivity index (χ2v) is 7.61. The maximum atomic E-state index is 9.50. The molecular weight excluding hydrogens is 330 g/mol. The van der Waals surface area contributed by atoms with Crippen molar-refractivity contribution < 1.29 is 5.21 Å². The number of halogens is 1. The SMILES string of the molecule is CCC(C(=NO)n1ccnc1)C(C)(C)CSc1ccc(Cl)cc1. The minimum atomic E-state index is -0.0507. The molecule has 23 heavy (non-hydrogen) atoms.